The van der Waals surface area contributed by atoms with Crippen LogP contribution in [-0.4, -0.2) is 38.3 Å². The van der Waals surface area contributed by atoms with Crippen molar-refractivity contribution in [3.8, 4) is 0 Å². The lowest BCUT2D eigenvalue weighted by atomic mass is 10.1. The van der Waals surface area contributed by atoms with Gasteiger partial charge in [0, 0.05) is 18.9 Å². The molecule has 1 aliphatic heterocycles. The molecule has 2 rings (SSSR count). The number of nitrogens with zero attached hydrogens (tertiary/aromatic N) is 1. The molecule has 1 heterocycles. The Labute approximate surface area is 147 Å². The normalized spacial score (nSPS) is 18.3. The molecular weight excluding hydrogens is 346 g/mol. The Morgan fingerprint density at radius 3 is 2.60 bits per heavy atom. The highest BCUT2D eigenvalue weighted by Crippen LogP contribution is 2.32. The molecule has 0 aromatic heterocycles. The first kappa shape index (κ1) is 19.2. The summed E-state index contributed by atoms with van der Waals surface area (Å²) in [5, 5.41) is 7.70. The quantitative estimate of drug-likeness (QED) is 0.837. The minimum absolute atomic E-state index is 0.0944. The number of nitrogens with two attached hydrogens (primary N) is 1. The van der Waals surface area contributed by atoms with Gasteiger partial charge in [-0.05, 0) is 32.9 Å². The third-order valence-corrected chi connectivity index (χ3v) is 4.44. The van der Waals surface area contributed by atoms with Crippen molar-refractivity contribution >= 4 is 33.4 Å². The maximum atomic E-state index is 12.3. The minimum atomic E-state index is -3.65. The number of primary sulfonamides is 1. The molecule has 1 aromatic carbocycles. The van der Waals surface area contributed by atoms with Crippen LogP contribution in [0, 0.1) is 5.92 Å². The molecule has 0 radical (unpaired) electrons. The summed E-state index contributed by atoms with van der Waals surface area (Å²) in [6, 6.07) is 6.79. The highest BCUT2D eigenvalue weighted by atomic mass is 32.2. The number of anilines is 2. The van der Waals surface area contributed by atoms with Crippen LogP contribution in [0.1, 0.15) is 27.2 Å². The van der Waals surface area contributed by atoms with E-state index < -0.39 is 21.7 Å². The number of hydrogen-bond donors (Lipinski definition) is 2. The summed E-state index contributed by atoms with van der Waals surface area (Å²) in [7, 11) is -3.65. The lowest BCUT2D eigenvalue weighted by Gasteiger charge is -2.23. The lowest BCUT2D eigenvalue weighted by molar-refractivity contribution is -0.117. The summed E-state index contributed by atoms with van der Waals surface area (Å²) in [6.07, 6.45) is -0.537. The predicted octanol–water partition coefficient (Wildman–Crippen LogP) is 1.67. The Balaban J connectivity index is 2.17. The molecule has 9 heteroatoms. The van der Waals surface area contributed by atoms with E-state index in [4.69, 9.17) is 9.88 Å². The van der Waals surface area contributed by atoms with Crippen molar-refractivity contribution in [2.45, 2.75) is 32.8 Å². The Morgan fingerprint density at radius 1 is 1.36 bits per heavy atom. The molecule has 1 fully saturated rings. The van der Waals surface area contributed by atoms with Gasteiger partial charge in [0.25, 0.3) is 0 Å². The number of ether oxygens (including phenoxy) is 1. The van der Waals surface area contributed by atoms with E-state index in [1.807, 2.05) is 0 Å². The van der Waals surface area contributed by atoms with Gasteiger partial charge in [-0.2, -0.15) is 0 Å². The van der Waals surface area contributed by atoms with Gasteiger partial charge in [-0.1, -0.05) is 12.1 Å². The zero-order valence-electron chi connectivity index (χ0n) is 14.5. The van der Waals surface area contributed by atoms with E-state index in [0.29, 0.717) is 11.4 Å². The van der Waals surface area contributed by atoms with Crippen molar-refractivity contribution in [3.05, 3.63) is 24.3 Å². The van der Waals surface area contributed by atoms with E-state index in [0.717, 1.165) is 0 Å². The minimum Gasteiger partial charge on any atom is -0.444 e. The SMILES string of the molecule is CC(C)(C)OC(=O)Nc1ccccc1N1CC(CS(N)(=O)=O)CC1=O. The van der Waals surface area contributed by atoms with E-state index in [2.05, 4.69) is 5.32 Å². The van der Waals surface area contributed by atoms with Gasteiger partial charge in [0.1, 0.15) is 5.60 Å². The van der Waals surface area contributed by atoms with Gasteiger partial charge in [-0.25, -0.2) is 18.4 Å². The standard InChI is InChI=1S/C16H23N3O5S/c1-16(2,3)24-15(21)18-12-6-4-5-7-13(12)19-9-11(8-14(19)20)10-25(17,22)23/h4-7,11H,8-10H2,1-3H3,(H,18,21)(H2,17,22,23). The van der Waals surface area contributed by atoms with E-state index in [1.165, 1.54) is 4.90 Å². The Hall–Kier alpha value is -2.13. The zero-order valence-corrected chi connectivity index (χ0v) is 15.3. The topological polar surface area (TPSA) is 119 Å². The Kier molecular flexibility index (Phi) is 5.38. The van der Waals surface area contributed by atoms with Crippen LogP contribution < -0.4 is 15.4 Å². The fourth-order valence-corrected chi connectivity index (χ4v) is 3.56. The van der Waals surface area contributed by atoms with Gasteiger partial charge in [-0.3, -0.25) is 10.1 Å². The molecule has 0 bridgehead atoms. The van der Waals surface area contributed by atoms with E-state index >= 15 is 0 Å². The maximum Gasteiger partial charge on any atom is 0.412 e. The van der Waals surface area contributed by atoms with Gasteiger partial charge in [0.2, 0.25) is 15.9 Å². The van der Waals surface area contributed by atoms with Crippen LogP contribution >= 0.6 is 0 Å². The maximum absolute atomic E-state index is 12.3. The van der Waals surface area contributed by atoms with Crippen LogP contribution in [0.3, 0.4) is 0 Å². The average molecular weight is 369 g/mol. The molecule has 2 amide bonds. The summed E-state index contributed by atoms with van der Waals surface area (Å²) in [5.74, 6) is -0.846. The highest BCUT2D eigenvalue weighted by molar-refractivity contribution is 7.89. The number of nitrogens with one attached hydrogen (secondary N) is 1. The molecule has 1 aliphatic rings. The fourth-order valence-electron chi connectivity index (χ4n) is 2.68. The first-order chi connectivity index (χ1) is 11.4. The molecule has 0 aliphatic carbocycles. The number of sulfonamides is 1. The van der Waals surface area contributed by atoms with Gasteiger partial charge in [0.15, 0.2) is 0 Å². The van der Waals surface area contributed by atoms with Crippen molar-refractivity contribution in [1.82, 2.24) is 0 Å². The number of carbonyl (C=O) groups is 2. The van der Waals surface area contributed by atoms with Crippen LogP contribution in [0.25, 0.3) is 0 Å². The largest absolute Gasteiger partial charge is 0.444 e. The van der Waals surface area contributed by atoms with Crippen molar-refractivity contribution < 1.29 is 22.7 Å². The van der Waals surface area contributed by atoms with Crippen LogP contribution in [-0.2, 0) is 19.6 Å². The Morgan fingerprint density at radius 2 is 2.00 bits per heavy atom. The lowest BCUT2D eigenvalue weighted by Crippen LogP contribution is -2.30. The summed E-state index contributed by atoms with van der Waals surface area (Å²) in [5.41, 5.74) is 0.264. The first-order valence-corrected chi connectivity index (χ1v) is 9.56. The molecular formula is C16H23N3O5S. The van der Waals surface area contributed by atoms with Crippen LogP contribution in [0.2, 0.25) is 0 Å². The number of rotatable bonds is 4. The second kappa shape index (κ2) is 7.01. The number of hydrogen-bond acceptors (Lipinski definition) is 5. The molecule has 3 N–H and O–H groups in total. The molecule has 1 aromatic rings. The second-order valence-electron chi connectivity index (χ2n) is 7.05. The summed E-state index contributed by atoms with van der Waals surface area (Å²) in [6.45, 7) is 5.48. The van der Waals surface area contributed by atoms with E-state index in [-0.39, 0.29) is 30.5 Å². The van der Waals surface area contributed by atoms with E-state index in [9.17, 15) is 18.0 Å². The van der Waals surface area contributed by atoms with Crippen LogP contribution in [0.15, 0.2) is 24.3 Å². The third kappa shape index (κ3) is 5.71. The molecule has 0 spiro atoms. The molecule has 1 saturated heterocycles. The van der Waals surface area contributed by atoms with Crippen molar-refractivity contribution in [2.24, 2.45) is 11.1 Å². The second-order valence-corrected chi connectivity index (χ2v) is 8.71. The van der Waals surface area contributed by atoms with Crippen molar-refractivity contribution in [1.29, 1.82) is 0 Å². The zero-order chi connectivity index (χ0) is 18.8. The number of amides is 2. The van der Waals surface area contributed by atoms with Gasteiger partial charge < -0.3 is 9.64 Å². The summed E-state index contributed by atoms with van der Waals surface area (Å²) in [4.78, 5) is 25.7. The number of benzene rings is 1. The van der Waals surface area contributed by atoms with Crippen molar-refractivity contribution in [2.75, 3.05) is 22.5 Å². The molecule has 0 saturated carbocycles. The highest BCUT2D eigenvalue weighted by Gasteiger charge is 2.34. The summed E-state index contributed by atoms with van der Waals surface area (Å²) >= 11 is 0. The van der Waals surface area contributed by atoms with Crippen LogP contribution in [0.5, 0.6) is 0 Å². The molecule has 138 valence electrons. The molecule has 1 atom stereocenters. The molecule has 25 heavy (non-hydrogen) atoms. The van der Waals surface area contributed by atoms with Crippen LogP contribution in [0.4, 0.5) is 16.2 Å². The molecule has 1 unspecified atom stereocenters. The first-order valence-electron chi connectivity index (χ1n) is 7.84. The molecule has 8 nitrogen and oxygen atoms in total. The van der Waals surface area contributed by atoms with Gasteiger partial charge in [-0.15, -0.1) is 0 Å². The van der Waals surface area contributed by atoms with Crippen molar-refractivity contribution in [3.63, 3.8) is 0 Å². The predicted molar refractivity (Wildman–Crippen MR) is 94.7 cm³/mol. The number of carbonyl (C=O) groups excluding carboxylic acids is 2. The Bertz CT molecular complexity index is 770. The third-order valence-electron chi connectivity index (χ3n) is 3.50. The summed E-state index contributed by atoms with van der Waals surface area (Å²) < 4.78 is 27.7. The number of para-hydroxylation sites is 2. The monoisotopic (exact) mass is 369 g/mol. The average Bonchev–Trinajstić information content (AvgIpc) is 2.75. The van der Waals surface area contributed by atoms with E-state index in [1.54, 1.807) is 45.0 Å². The van der Waals surface area contributed by atoms with Gasteiger partial charge >= 0.3 is 6.09 Å². The smallest absolute Gasteiger partial charge is 0.412 e. The fraction of sp³-hybridized carbons (Fsp3) is 0.500. The van der Waals surface area contributed by atoms with Gasteiger partial charge in [0.05, 0.1) is 17.1 Å².